The first-order chi connectivity index (χ1) is 6.68. The van der Waals surface area contributed by atoms with E-state index in [1.165, 1.54) is 20.8 Å². The summed E-state index contributed by atoms with van der Waals surface area (Å²) in [6, 6.07) is 0. The van der Waals surface area contributed by atoms with Crippen LogP contribution in [0.15, 0.2) is 0 Å². The SMILES string of the molecule is Cc1c(O)c(C)c(P(=O)(O)O)c(C)c1O. The third-order valence-corrected chi connectivity index (χ3v) is 3.68. The zero-order chi connectivity index (χ0) is 12.0. The van der Waals surface area contributed by atoms with E-state index >= 15 is 0 Å². The Bertz CT molecular complexity index is 431. The summed E-state index contributed by atoms with van der Waals surface area (Å²) in [6.45, 7) is 4.29. The third kappa shape index (κ3) is 1.86. The smallest absolute Gasteiger partial charge is 0.357 e. The van der Waals surface area contributed by atoms with Gasteiger partial charge in [-0.15, -0.1) is 0 Å². The Morgan fingerprint density at radius 2 is 1.20 bits per heavy atom. The third-order valence-electron chi connectivity index (χ3n) is 2.42. The summed E-state index contributed by atoms with van der Waals surface area (Å²) < 4.78 is 11.2. The lowest BCUT2D eigenvalue weighted by molar-refractivity contribution is 0.385. The van der Waals surface area contributed by atoms with Gasteiger partial charge in [-0.2, -0.15) is 0 Å². The van der Waals surface area contributed by atoms with Gasteiger partial charge in [0.05, 0.1) is 5.30 Å². The first kappa shape index (κ1) is 12.0. The minimum Gasteiger partial charge on any atom is -0.507 e. The molecule has 1 aromatic rings. The van der Waals surface area contributed by atoms with Crippen LogP contribution in [0.4, 0.5) is 0 Å². The van der Waals surface area contributed by atoms with Crippen LogP contribution < -0.4 is 5.30 Å². The predicted molar refractivity (Wildman–Crippen MR) is 55.7 cm³/mol. The fraction of sp³-hybridized carbons (Fsp3) is 0.333. The van der Waals surface area contributed by atoms with Crippen LogP contribution in [0.2, 0.25) is 0 Å². The van der Waals surface area contributed by atoms with Gasteiger partial charge >= 0.3 is 7.60 Å². The molecule has 0 spiro atoms. The van der Waals surface area contributed by atoms with E-state index in [9.17, 15) is 14.8 Å². The molecule has 0 radical (unpaired) electrons. The van der Waals surface area contributed by atoms with Crippen molar-refractivity contribution in [3.8, 4) is 11.5 Å². The zero-order valence-corrected chi connectivity index (χ0v) is 9.54. The van der Waals surface area contributed by atoms with Crippen molar-refractivity contribution >= 4 is 12.9 Å². The summed E-state index contributed by atoms with van der Waals surface area (Å²) >= 11 is 0. The van der Waals surface area contributed by atoms with Crippen molar-refractivity contribution < 1.29 is 24.6 Å². The van der Waals surface area contributed by atoms with Crippen molar-refractivity contribution in [3.63, 3.8) is 0 Å². The lowest BCUT2D eigenvalue weighted by Crippen LogP contribution is -2.13. The molecule has 6 heteroatoms. The van der Waals surface area contributed by atoms with Gasteiger partial charge in [0.25, 0.3) is 0 Å². The second-order valence-electron chi connectivity index (χ2n) is 3.46. The van der Waals surface area contributed by atoms with Gasteiger partial charge in [0, 0.05) is 16.7 Å². The molecule has 1 aromatic carbocycles. The van der Waals surface area contributed by atoms with E-state index in [0.29, 0.717) is 0 Å². The first-order valence-electron chi connectivity index (χ1n) is 4.25. The molecule has 1 rings (SSSR count). The van der Waals surface area contributed by atoms with Gasteiger partial charge in [-0.05, 0) is 20.8 Å². The molecule has 0 saturated carbocycles. The lowest BCUT2D eigenvalue weighted by atomic mass is 10.0. The van der Waals surface area contributed by atoms with Crippen LogP contribution in [0.25, 0.3) is 0 Å². The van der Waals surface area contributed by atoms with E-state index in [0.717, 1.165) is 0 Å². The summed E-state index contributed by atoms with van der Waals surface area (Å²) in [5, 5.41) is 18.8. The molecule has 0 heterocycles. The highest BCUT2D eigenvalue weighted by Gasteiger charge is 2.28. The fourth-order valence-electron chi connectivity index (χ4n) is 1.62. The Hall–Kier alpha value is -1.03. The summed E-state index contributed by atoms with van der Waals surface area (Å²) in [5.41, 5.74) is 0.439. The van der Waals surface area contributed by atoms with Gasteiger partial charge in [-0.25, -0.2) is 0 Å². The highest BCUT2D eigenvalue weighted by Crippen LogP contribution is 2.42. The van der Waals surface area contributed by atoms with Crippen molar-refractivity contribution in [1.29, 1.82) is 0 Å². The molecule has 0 aliphatic rings. The topological polar surface area (TPSA) is 98.0 Å². The predicted octanol–water partition coefficient (Wildman–Crippen LogP) is 0.826. The van der Waals surface area contributed by atoms with Crippen LogP contribution in [0.3, 0.4) is 0 Å². The average molecular weight is 232 g/mol. The Labute approximate surface area is 87.2 Å². The van der Waals surface area contributed by atoms with Gasteiger partial charge in [0.15, 0.2) is 0 Å². The summed E-state index contributed by atoms with van der Waals surface area (Å²) in [5.74, 6) is -0.562. The average Bonchev–Trinajstić information content (AvgIpc) is 2.09. The van der Waals surface area contributed by atoms with E-state index in [1.54, 1.807) is 0 Å². The number of benzene rings is 1. The van der Waals surface area contributed by atoms with Crippen molar-refractivity contribution in [2.24, 2.45) is 0 Å². The van der Waals surface area contributed by atoms with E-state index < -0.39 is 7.60 Å². The first-order valence-corrected chi connectivity index (χ1v) is 5.87. The van der Waals surface area contributed by atoms with E-state index in [1.807, 2.05) is 0 Å². The van der Waals surface area contributed by atoms with Crippen LogP contribution in [0.1, 0.15) is 16.7 Å². The molecule has 0 atom stereocenters. The molecule has 0 aliphatic heterocycles. The van der Waals surface area contributed by atoms with Crippen molar-refractivity contribution in [2.45, 2.75) is 20.8 Å². The van der Waals surface area contributed by atoms with E-state index in [4.69, 9.17) is 9.79 Å². The monoisotopic (exact) mass is 232 g/mol. The molecule has 5 nitrogen and oxygen atoms in total. The molecule has 84 valence electrons. The highest BCUT2D eigenvalue weighted by atomic mass is 31.2. The summed E-state index contributed by atoms with van der Waals surface area (Å²) in [7, 11) is -4.49. The molecule has 0 aliphatic carbocycles. The second kappa shape index (κ2) is 3.52. The Morgan fingerprint density at radius 3 is 1.47 bits per heavy atom. The Morgan fingerprint density at radius 1 is 0.867 bits per heavy atom. The zero-order valence-electron chi connectivity index (χ0n) is 8.64. The number of phenols is 2. The molecule has 0 fully saturated rings. The van der Waals surface area contributed by atoms with Crippen LogP contribution in [0, 0.1) is 20.8 Å². The maximum Gasteiger partial charge on any atom is 0.357 e. The number of phenolic OH excluding ortho intramolecular Hbond substituents is 2. The van der Waals surface area contributed by atoms with Crippen LogP contribution in [-0.2, 0) is 4.57 Å². The molecule has 0 aromatic heterocycles. The molecular formula is C9H13O5P. The molecule has 0 saturated heterocycles. The van der Waals surface area contributed by atoms with Gasteiger partial charge < -0.3 is 20.0 Å². The minimum atomic E-state index is -4.49. The number of rotatable bonds is 1. The quantitative estimate of drug-likeness (QED) is 0.537. The second-order valence-corrected chi connectivity index (χ2v) is 5.00. The number of hydrogen-bond donors (Lipinski definition) is 4. The van der Waals surface area contributed by atoms with Gasteiger partial charge in [0.1, 0.15) is 11.5 Å². The molecular weight excluding hydrogens is 219 g/mol. The largest absolute Gasteiger partial charge is 0.507 e. The molecule has 4 N–H and O–H groups in total. The molecule has 0 unspecified atom stereocenters. The van der Waals surface area contributed by atoms with Crippen molar-refractivity contribution in [2.75, 3.05) is 0 Å². The normalized spacial score (nSPS) is 11.8. The lowest BCUT2D eigenvalue weighted by Gasteiger charge is -2.16. The van der Waals surface area contributed by atoms with Crippen LogP contribution in [0.5, 0.6) is 11.5 Å². The van der Waals surface area contributed by atoms with Crippen LogP contribution in [-0.4, -0.2) is 20.0 Å². The van der Waals surface area contributed by atoms with Gasteiger partial charge in [-0.1, -0.05) is 0 Å². The summed E-state index contributed by atoms with van der Waals surface area (Å²) in [4.78, 5) is 18.2. The Balaban J connectivity index is 3.76. The number of hydrogen-bond acceptors (Lipinski definition) is 3. The molecule has 0 amide bonds. The van der Waals surface area contributed by atoms with Crippen molar-refractivity contribution in [1.82, 2.24) is 0 Å². The fourth-order valence-corrected chi connectivity index (χ4v) is 2.70. The van der Waals surface area contributed by atoms with Gasteiger partial charge in [0.2, 0.25) is 0 Å². The van der Waals surface area contributed by atoms with E-state index in [-0.39, 0.29) is 33.5 Å². The van der Waals surface area contributed by atoms with E-state index in [2.05, 4.69) is 0 Å². The standard InChI is InChI=1S/C9H13O5P/c1-4-7(10)5(2)9(15(12,13)14)6(3)8(4)11/h10-11H,1-3H3,(H2,12,13,14). The number of aromatic hydroxyl groups is 2. The maximum absolute atomic E-state index is 11.2. The molecule has 15 heavy (non-hydrogen) atoms. The van der Waals surface area contributed by atoms with Gasteiger partial charge in [-0.3, -0.25) is 4.57 Å². The molecule has 0 bridgehead atoms. The van der Waals surface area contributed by atoms with Crippen LogP contribution >= 0.6 is 7.60 Å². The summed E-state index contributed by atoms with van der Waals surface area (Å²) in [6.07, 6.45) is 0. The minimum absolute atomic E-state index is 0.108. The Kier molecular flexibility index (Phi) is 2.83. The highest BCUT2D eigenvalue weighted by molar-refractivity contribution is 7.60. The maximum atomic E-state index is 11.2. The van der Waals surface area contributed by atoms with Crippen molar-refractivity contribution in [3.05, 3.63) is 16.7 Å².